The van der Waals surface area contributed by atoms with E-state index in [1.807, 2.05) is 19.9 Å². The van der Waals surface area contributed by atoms with Gasteiger partial charge in [-0.05, 0) is 31.5 Å². The van der Waals surface area contributed by atoms with E-state index in [9.17, 15) is 8.42 Å². The maximum absolute atomic E-state index is 12.4. The zero-order valence-corrected chi connectivity index (χ0v) is 13.5. The van der Waals surface area contributed by atoms with Gasteiger partial charge in [-0.1, -0.05) is 12.1 Å². The van der Waals surface area contributed by atoms with Gasteiger partial charge in [-0.15, -0.1) is 0 Å². The maximum atomic E-state index is 12.4. The van der Waals surface area contributed by atoms with Gasteiger partial charge in [0.1, 0.15) is 0 Å². The summed E-state index contributed by atoms with van der Waals surface area (Å²) in [5, 5.41) is 0. The molecule has 0 saturated carbocycles. The molecule has 0 amide bonds. The molecule has 1 saturated heterocycles. The number of nitrogens with zero attached hydrogens (tertiary/aromatic N) is 1. The first-order valence-corrected chi connectivity index (χ1v) is 8.95. The highest BCUT2D eigenvalue weighted by Crippen LogP contribution is 2.15. The molecular weight excluding hydrogens is 288 g/mol. The molecule has 5 nitrogen and oxygen atoms in total. The van der Waals surface area contributed by atoms with E-state index in [1.54, 1.807) is 18.2 Å². The summed E-state index contributed by atoms with van der Waals surface area (Å²) in [6.45, 7) is 6.48. The zero-order chi connectivity index (χ0) is 15.5. The second kappa shape index (κ2) is 6.87. The summed E-state index contributed by atoms with van der Waals surface area (Å²) < 4.78 is 30.5. The standard InChI is InChI=1S/C15H24N2O3S/c1-12-10-17(11-13(2)20-12)6-7-21(18,19)15-5-3-4-14(8-15)9-16/h3-5,8,12-13H,6-7,9-11,16H2,1-2H3. The molecule has 2 N–H and O–H groups in total. The highest BCUT2D eigenvalue weighted by Gasteiger charge is 2.24. The van der Waals surface area contributed by atoms with E-state index in [0.29, 0.717) is 18.0 Å². The van der Waals surface area contributed by atoms with Crippen LogP contribution in [0.25, 0.3) is 0 Å². The van der Waals surface area contributed by atoms with Crippen LogP contribution in [0.2, 0.25) is 0 Å². The summed E-state index contributed by atoms with van der Waals surface area (Å²) >= 11 is 0. The Hall–Kier alpha value is -0.950. The van der Waals surface area contributed by atoms with Crippen LogP contribution in [0.4, 0.5) is 0 Å². The summed E-state index contributed by atoms with van der Waals surface area (Å²) in [6, 6.07) is 6.89. The van der Waals surface area contributed by atoms with Crippen LogP contribution >= 0.6 is 0 Å². The van der Waals surface area contributed by atoms with Gasteiger partial charge >= 0.3 is 0 Å². The average molecular weight is 312 g/mol. The number of nitrogens with two attached hydrogens (primary N) is 1. The minimum atomic E-state index is -3.27. The summed E-state index contributed by atoms with van der Waals surface area (Å²) in [5.41, 5.74) is 6.40. The molecule has 1 aromatic rings. The molecule has 2 atom stereocenters. The third-order valence-corrected chi connectivity index (χ3v) is 5.36. The highest BCUT2D eigenvalue weighted by molar-refractivity contribution is 7.91. The molecular formula is C15H24N2O3S. The second-order valence-electron chi connectivity index (χ2n) is 5.69. The molecule has 0 spiro atoms. The van der Waals surface area contributed by atoms with Crippen molar-refractivity contribution in [2.75, 3.05) is 25.4 Å². The van der Waals surface area contributed by atoms with Crippen LogP contribution in [0.3, 0.4) is 0 Å². The average Bonchev–Trinajstić information content (AvgIpc) is 2.44. The molecule has 21 heavy (non-hydrogen) atoms. The predicted octanol–water partition coefficient (Wildman–Crippen LogP) is 1.03. The highest BCUT2D eigenvalue weighted by atomic mass is 32.2. The normalized spacial score (nSPS) is 24.1. The van der Waals surface area contributed by atoms with Gasteiger partial charge in [0.25, 0.3) is 0 Å². The fourth-order valence-electron chi connectivity index (χ4n) is 2.70. The number of benzene rings is 1. The van der Waals surface area contributed by atoms with Crippen LogP contribution in [0, 0.1) is 0 Å². The van der Waals surface area contributed by atoms with Crippen LogP contribution in [0.15, 0.2) is 29.2 Å². The van der Waals surface area contributed by atoms with Crippen molar-refractivity contribution in [3.05, 3.63) is 29.8 Å². The number of morpholine rings is 1. The van der Waals surface area contributed by atoms with Gasteiger partial charge in [-0.2, -0.15) is 0 Å². The minimum absolute atomic E-state index is 0.125. The lowest BCUT2D eigenvalue weighted by Gasteiger charge is -2.35. The molecule has 0 aromatic heterocycles. The number of sulfone groups is 1. The largest absolute Gasteiger partial charge is 0.373 e. The van der Waals surface area contributed by atoms with Gasteiger partial charge in [0, 0.05) is 26.2 Å². The summed E-state index contributed by atoms with van der Waals surface area (Å²) in [6.07, 6.45) is 0.300. The van der Waals surface area contributed by atoms with E-state index in [-0.39, 0.29) is 18.0 Å². The first-order valence-electron chi connectivity index (χ1n) is 7.30. The lowest BCUT2D eigenvalue weighted by atomic mass is 10.2. The molecule has 118 valence electrons. The summed E-state index contributed by atoms with van der Waals surface area (Å²) in [5.74, 6) is 0.125. The Balaban J connectivity index is 2.00. The smallest absolute Gasteiger partial charge is 0.179 e. The maximum Gasteiger partial charge on any atom is 0.179 e. The summed E-state index contributed by atoms with van der Waals surface area (Å²) in [4.78, 5) is 2.52. The van der Waals surface area contributed by atoms with Crippen LogP contribution in [-0.4, -0.2) is 50.9 Å². The molecule has 1 heterocycles. The van der Waals surface area contributed by atoms with E-state index in [2.05, 4.69) is 4.90 Å². The van der Waals surface area contributed by atoms with Crippen molar-refractivity contribution >= 4 is 9.84 Å². The van der Waals surface area contributed by atoms with Gasteiger partial charge in [0.2, 0.25) is 0 Å². The van der Waals surface area contributed by atoms with Crippen LogP contribution < -0.4 is 5.73 Å². The Morgan fingerprint density at radius 2 is 1.95 bits per heavy atom. The minimum Gasteiger partial charge on any atom is -0.373 e. The van der Waals surface area contributed by atoms with Crippen molar-refractivity contribution in [3.8, 4) is 0 Å². The molecule has 1 aromatic carbocycles. The molecule has 1 aliphatic rings. The summed E-state index contributed by atoms with van der Waals surface area (Å²) in [7, 11) is -3.27. The van der Waals surface area contributed by atoms with E-state index in [4.69, 9.17) is 10.5 Å². The molecule has 6 heteroatoms. The molecule has 0 aliphatic carbocycles. The monoisotopic (exact) mass is 312 g/mol. The second-order valence-corrected chi connectivity index (χ2v) is 7.80. The van der Waals surface area contributed by atoms with Crippen LogP contribution in [0.5, 0.6) is 0 Å². The van der Waals surface area contributed by atoms with Crippen molar-refractivity contribution in [3.63, 3.8) is 0 Å². The van der Waals surface area contributed by atoms with Gasteiger partial charge in [0.05, 0.1) is 22.9 Å². The Bertz CT molecular complexity index is 564. The van der Waals surface area contributed by atoms with E-state index in [0.717, 1.165) is 18.7 Å². The third kappa shape index (κ3) is 4.51. The third-order valence-electron chi connectivity index (χ3n) is 3.66. The predicted molar refractivity (Wildman–Crippen MR) is 82.8 cm³/mol. The lowest BCUT2D eigenvalue weighted by molar-refractivity contribution is -0.0662. The first-order chi connectivity index (χ1) is 9.90. The van der Waals surface area contributed by atoms with E-state index >= 15 is 0 Å². The SMILES string of the molecule is CC1CN(CCS(=O)(=O)c2cccc(CN)c2)CC(C)O1. The fraction of sp³-hybridized carbons (Fsp3) is 0.600. The number of hydrogen-bond acceptors (Lipinski definition) is 5. The van der Waals surface area contributed by atoms with Crippen molar-refractivity contribution in [1.29, 1.82) is 0 Å². The van der Waals surface area contributed by atoms with Crippen LogP contribution in [0.1, 0.15) is 19.4 Å². The van der Waals surface area contributed by atoms with Crippen molar-refractivity contribution in [2.45, 2.75) is 37.5 Å². The molecule has 0 bridgehead atoms. The lowest BCUT2D eigenvalue weighted by Crippen LogP contribution is -2.46. The van der Waals surface area contributed by atoms with Crippen molar-refractivity contribution in [1.82, 2.24) is 4.90 Å². The molecule has 2 unspecified atom stereocenters. The molecule has 2 rings (SSSR count). The topological polar surface area (TPSA) is 72.6 Å². The fourth-order valence-corrected chi connectivity index (χ4v) is 4.05. The molecule has 1 fully saturated rings. The Morgan fingerprint density at radius 3 is 2.57 bits per heavy atom. The quantitative estimate of drug-likeness (QED) is 0.879. The molecule has 1 aliphatic heterocycles. The van der Waals surface area contributed by atoms with E-state index in [1.165, 1.54) is 0 Å². The number of ether oxygens (including phenoxy) is 1. The Kier molecular flexibility index (Phi) is 5.37. The van der Waals surface area contributed by atoms with Gasteiger partial charge in [-0.3, -0.25) is 4.90 Å². The van der Waals surface area contributed by atoms with E-state index < -0.39 is 9.84 Å². The van der Waals surface area contributed by atoms with Gasteiger partial charge in [-0.25, -0.2) is 8.42 Å². The molecule has 0 radical (unpaired) electrons. The first kappa shape index (κ1) is 16.4. The Labute approximate surface area is 127 Å². The van der Waals surface area contributed by atoms with Crippen LogP contribution in [-0.2, 0) is 21.1 Å². The van der Waals surface area contributed by atoms with Crippen molar-refractivity contribution in [2.24, 2.45) is 5.73 Å². The van der Waals surface area contributed by atoms with Gasteiger partial charge < -0.3 is 10.5 Å². The zero-order valence-electron chi connectivity index (χ0n) is 12.7. The number of hydrogen-bond donors (Lipinski definition) is 1. The Morgan fingerprint density at radius 1 is 1.29 bits per heavy atom. The van der Waals surface area contributed by atoms with Crippen molar-refractivity contribution < 1.29 is 13.2 Å². The number of rotatable bonds is 5. The van der Waals surface area contributed by atoms with Gasteiger partial charge in [0.15, 0.2) is 9.84 Å².